The topological polar surface area (TPSA) is 69.8 Å². The van der Waals surface area contributed by atoms with Gasteiger partial charge in [0.1, 0.15) is 5.82 Å². The molecule has 0 saturated carbocycles. The Kier molecular flexibility index (Phi) is 5.33. The minimum absolute atomic E-state index is 0.190. The summed E-state index contributed by atoms with van der Waals surface area (Å²) in [5.41, 5.74) is 4.96. The Morgan fingerprint density at radius 1 is 0.893 bits per heavy atom. The van der Waals surface area contributed by atoms with Gasteiger partial charge in [-0.05, 0) is 54.8 Å². The van der Waals surface area contributed by atoms with E-state index in [1.165, 1.54) is 5.56 Å². The van der Waals surface area contributed by atoms with Crippen LogP contribution in [-0.4, -0.2) is 22.5 Å². The fraction of sp³-hybridized carbons (Fsp3) is 0.130. The first kappa shape index (κ1) is 17.8. The van der Waals surface area contributed by atoms with Gasteiger partial charge in [0.05, 0.1) is 11.0 Å². The molecule has 0 aliphatic carbocycles. The molecule has 0 saturated heterocycles. The van der Waals surface area contributed by atoms with E-state index in [2.05, 4.69) is 32.7 Å². The highest BCUT2D eigenvalue weighted by molar-refractivity contribution is 5.89. The fourth-order valence-corrected chi connectivity index (χ4v) is 3.12. The highest BCUT2D eigenvalue weighted by atomic mass is 16.2. The number of aryl methyl sites for hydroxylation is 1. The Bertz CT molecular complexity index is 1020. The standard InChI is InChI=1S/C23H22N4O/c28-23(24-16-6-9-17-7-2-1-3-8-17)25-19-14-12-18(13-15-19)22-26-20-10-4-5-11-21(20)27-22/h1-5,7-8,10-15H,6,9,16H2,(H,26,27)(H2,24,25,28). The van der Waals surface area contributed by atoms with Crippen LogP contribution in [0.1, 0.15) is 12.0 Å². The zero-order valence-electron chi connectivity index (χ0n) is 15.5. The second kappa shape index (κ2) is 8.39. The highest BCUT2D eigenvalue weighted by Gasteiger charge is 2.06. The maximum absolute atomic E-state index is 12.1. The number of hydrogen-bond acceptors (Lipinski definition) is 2. The number of aromatic nitrogens is 2. The van der Waals surface area contributed by atoms with E-state index in [0.717, 1.165) is 41.0 Å². The van der Waals surface area contributed by atoms with Gasteiger partial charge in [0.15, 0.2) is 0 Å². The lowest BCUT2D eigenvalue weighted by molar-refractivity contribution is 0.252. The molecule has 0 aliphatic rings. The van der Waals surface area contributed by atoms with Crippen molar-refractivity contribution in [3.63, 3.8) is 0 Å². The van der Waals surface area contributed by atoms with Crippen LogP contribution in [0.2, 0.25) is 0 Å². The van der Waals surface area contributed by atoms with Gasteiger partial charge in [0.2, 0.25) is 0 Å². The second-order valence-electron chi connectivity index (χ2n) is 6.65. The lowest BCUT2D eigenvalue weighted by atomic mass is 10.1. The van der Waals surface area contributed by atoms with Crippen molar-refractivity contribution in [3.8, 4) is 11.4 Å². The van der Waals surface area contributed by atoms with Crippen LogP contribution in [0.5, 0.6) is 0 Å². The lowest BCUT2D eigenvalue weighted by Crippen LogP contribution is -2.29. The van der Waals surface area contributed by atoms with Gasteiger partial charge < -0.3 is 15.6 Å². The lowest BCUT2D eigenvalue weighted by Gasteiger charge is -2.08. The average molecular weight is 370 g/mol. The molecule has 0 spiro atoms. The van der Waals surface area contributed by atoms with Gasteiger partial charge >= 0.3 is 6.03 Å². The number of rotatable bonds is 6. The molecule has 28 heavy (non-hydrogen) atoms. The first-order valence-corrected chi connectivity index (χ1v) is 9.42. The molecule has 0 fully saturated rings. The number of urea groups is 1. The van der Waals surface area contributed by atoms with E-state index in [0.29, 0.717) is 6.54 Å². The molecule has 5 heteroatoms. The average Bonchev–Trinajstić information content (AvgIpc) is 3.17. The maximum atomic E-state index is 12.1. The molecule has 0 bridgehead atoms. The molecule has 1 aromatic heterocycles. The predicted octanol–water partition coefficient (Wildman–Crippen LogP) is 4.98. The molecule has 4 rings (SSSR count). The summed E-state index contributed by atoms with van der Waals surface area (Å²) in [4.78, 5) is 20.0. The van der Waals surface area contributed by atoms with Crippen LogP contribution in [0.4, 0.5) is 10.5 Å². The summed E-state index contributed by atoms with van der Waals surface area (Å²) in [6.45, 7) is 0.637. The fourth-order valence-electron chi connectivity index (χ4n) is 3.12. The first-order chi connectivity index (χ1) is 13.8. The van der Waals surface area contributed by atoms with Crippen molar-refractivity contribution in [3.05, 3.63) is 84.4 Å². The molecule has 140 valence electrons. The molecule has 3 N–H and O–H groups in total. The molecule has 2 amide bonds. The van der Waals surface area contributed by atoms with Crippen LogP contribution in [-0.2, 0) is 6.42 Å². The van der Waals surface area contributed by atoms with E-state index in [1.807, 2.05) is 66.7 Å². The molecule has 0 aliphatic heterocycles. The largest absolute Gasteiger partial charge is 0.338 e. The monoisotopic (exact) mass is 370 g/mol. The molecule has 5 nitrogen and oxygen atoms in total. The van der Waals surface area contributed by atoms with Crippen LogP contribution in [0, 0.1) is 0 Å². The summed E-state index contributed by atoms with van der Waals surface area (Å²) in [6, 6.07) is 25.7. The number of H-pyrrole nitrogens is 1. The number of hydrogen-bond donors (Lipinski definition) is 3. The van der Waals surface area contributed by atoms with Gasteiger partial charge in [-0.3, -0.25) is 0 Å². The van der Waals surface area contributed by atoms with E-state index in [-0.39, 0.29) is 6.03 Å². The van der Waals surface area contributed by atoms with Crippen molar-refractivity contribution in [1.82, 2.24) is 15.3 Å². The van der Waals surface area contributed by atoms with Crippen LogP contribution in [0.25, 0.3) is 22.4 Å². The molecule has 0 radical (unpaired) electrons. The maximum Gasteiger partial charge on any atom is 0.319 e. The van der Waals surface area contributed by atoms with E-state index in [9.17, 15) is 4.79 Å². The zero-order valence-corrected chi connectivity index (χ0v) is 15.5. The number of nitrogens with one attached hydrogen (secondary N) is 3. The quantitative estimate of drug-likeness (QED) is 0.419. The van der Waals surface area contributed by atoms with Crippen molar-refractivity contribution in [2.45, 2.75) is 12.8 Å². The van der Waals surface area contributed by atoms with Gasteiger partial charge in [-0.15, -0.1) is 0 Å². The number of fused-ring (bicyclic) bond motifs is 1. The predicted molar refractivity (Wildman–Crippen MR) is 113 cm³/mol. The van der Waals surface area contributed by atoms with Gasteiger partial charge in [-0.1, -0.05) is 42.5 Å². The SMILES string of the molecule is O=C(NCCCc1ccccc1)Nc1ccc(-c2nc3ccccc3[nH]2)cc1. The smallest absolute Gasteiger partial charge is 0.319 e. The Balaban J connectivity index is 1.28. The number of anilines is 1. The number of benzene rings is 3. The van der Waals surface area contributed by atoms with Gasteiger partial charge in [-0.2, -0.15) is 0 Å². The van der Waals surface area contributed by atoms with Crippen molar-refractivity contribution in [2.75, 3.05) is 11.9 Å². The van der Waals surface area contributed by atoms with E-state index < -0.39 is 0 Å². The first-order valence-electron chi connectivity index (χ1n) is 9.42. The number of nitrogens with zero attached hydrogens (tertiary/aromatic N) is 1. The van der Waals surface area contributed by atoms with Crippen LogP contribution in [0.15, 0.2) is 78.9 Å². The number of aromatic amines is 1. The molecule has 4 aromatic rings. The number of para-hydroxylation sites is 2. The molecular weight excluding hydrogens is 348 g/mol. The Labute approximate surface area is 163 Å². The minimum Gasteiger partial charge on any atom is -0.338 e. The summed E-state index contributed by atoms with van der Waals surface area (Å²) >= 11 is 0. The zero-order chi connectivity index (χ0) is 19.2. The number of amides is 2. The Hall–Kier alpha value is -3.60. The molecule has 0 unspecified atom stereocenters. The van der Waals surface area contributed by atoms with E-state index in [1.54, 1.807) is 0 Å². The van der Waals surface area contributed by atoms with Gasteiger partial charge in [0.25, 0.3) is 0 Å². The second-order valence-corrected chi connectivity index (χ2v) is 6.65. The van der Waals surface area contributed by atoms with Crippen molar-refractivity contribution >= 4 is 22.8 Å². The Morgan fingerprint density at radius 2 is 1.64 bits per heavy atom. The summed E-state index contributed by atoms with van der Waals surface area (Å²) in [6.07, 6.45) is 1.86. The number of carbonyl (C=O) groups excluding carboxylic acids is 1. The molecule has 0 atom stereocenters. The van der Waals surface area contributed by atoms with E-state index >= 15 is 0 Å². The third kappa shape index (κ3) is 4.38. The highest BCUT2D eigenvalue weighted by Crippen LogP contribution is 2.21. The molecule has 1 heterocycles. The van der Waals surface area contributed by atoms with Crippen LogP contribution < -0.4 is 10.6 Å². The van der Waals surface area contributed by atoms with Crippen molar-refractivity contribution in [1.29, 1.82) is 0 Å². The summed E-state index contributed by atoms with van der Waals surface area (Å²) in [5.74, 6) is 0.818. The van der Waals surface area contributed by atoms with Gasteiger partial charge in [-0.25, -0.2) is 9.78 Å². The molecule has 3 aromatic carbocycles. The normalized spacial score (nSPS) is 10.7. The number of carbonyl (C=O) groups is 1. The third-order valence-electron chi connectivity index (χ3n) is 4.58. The third-order valence-corrected chi connectivity index (χ3v) is 4.58. The van der Waals surface area contributed by atoms with Crippen LogP contribution in [0.3, 0.4) is 0 Å². The van der Waals surface area contributed by atoms with Gasteiger partial charge in [0, 0.05) is 17.8 Å². The van der Waals surface area contributed by atoms with Crippen molar-refractivity contribution in [2.24, 2.45) is 0 Å². The Morgan fingerprint density at radius 3 is 2.43 bits per heavy atom. The molecular formula is C23H22N4O. The summed E-state index contributed by atoms with van der Waals surface area (Å²) in [5, 5.41) is 5.76. The summed E-state index contributed by atoms with van der Waals surface area (Å²) in [7, 11) is 0. The van der Waals surface area contributed by atoms with Crippen molar-refractivity contribution < 1.29 is 4.79 Å². The van der Waals surface area contributed by atoms with E-state index in [4.69, 9.17) is 0 Å². The van der Waals surface area contributed by atoms with Crippen LogP contribution >= 0.6 is 0 Å². The minimum atomic E-state index is -0.190. The summed E-state index contributed by atoms with van der Waals surface area (Å²) < 4.78 is 0. The number of imidazole rings is 1.